The summed E-state index contributed by atoms with van der Waals surface area (Å²) in [7, 11) is 0. The Morgan fingerprint density at radius 3 is 2.58 bits per heavy atom. The number of halogens is 3. The molecule has 2 heterocycles. The third kappa shape index (κ3) is 4.90. The van der Waals surface area contributed by atoms with Gasteiger partial charge >= 0.3 is 0 Å². The van der Waals surface area contributed by atoms with E-state index in [-0.39, 0.29) is 39.2 Å². The number of thioether (sulfide) groups is 1. The summed E-state index contributed by atoms with van der Waals surface area (Å²) < 4.78 is 15.8. The van der Waals surface area contributed by atoms with E-state index in [9.17, 15) is 14.7 Å². The molecule has 1 saturated heterocycles. The van der Waals surface area contributed by atoms with Gasteiger partial charge in [0.05, 0.1) is 22.6 Å². The first kappa shape index (κ1) is 27.9. The molecule has 5 nitrogen and oxygen atoms in total. The van der Waals surface area contributed by atoms with Crippen molar-refractivity contribution in [3.05, 3.63) is 63.4 Å². The van der Waals surface area contributed by atoms with Crippen LogP contribution in [0.1, 0.15) is 69.9 Å². The number of carbonyl (C=O) groups excluding carboxylic acids is 2. The average Bonchev–Trinajstić information content (AvgIpc) is 3.31. The fourth-order valence-electron chi connectivity index (χ4n) is 6.52. The van der Waals surface area contributed by atoms with E-state index in [4.69, 9.17) is 23.2 Å². The fourth-order valence-corrected chi connectivity index (χ4v) is 8.22. The van der Waals surface area contributed by atoms with Gasteiger partial charge in [-0.3, -0.25) is 9.59 Å². The summed E-state index contributed by atoms with van der Waals surface area (Å²) in [5.41, 5.74) is -0.377. The van der Waals surface area contributed by atoms with Gasteiger partial charge in [0.15, 0.2) is 0 Å². The highest BCUT2D eigenvalue weighted by atomic mass is 35.5. The van der Waals surface area contributed by atoms with Crippen molar-refractivity contribution in [3.8, 4) is 0 Å². The second-order valence-electron chi connectivity index (χ2n) is 12.0. The highest BCUT2D eigenvalue weighted by Gasteiger charge is 2.66. The van der Waals surface area contributed by atoms with Crippen molar-refractivity contribution < 1.29 is 19.1 Å². The van der Waals surface area contributed by atoms with Gasteiger partial charge in [0.25, 0.3) is 0 Å². The van der Waals surface area contributed by atoms with Crippen LogP contribution in [0.4, 0.5) is 4.39 Å². The number of aliphatic hydroxyl groups excluding tert-OH is 1. The van der Waals surface area contributed by atoms with Crippen molar-refractivity contribution in [2.45, 2.75) is 93.3 Å². The van der Waals surface area contributed by atoms with Crippen LogP contribution in [-0.2, 0) is 15.0 Å². The van der Waals surface area contributed by atoms with Crippen LogP contribution in [0.15, 0.2) is 41.3 Å². The van der Waals surface area contributed by atoms with E-state index < -0.39 is 29.2 Å². The van der Waals surface area contributed by atoms with Gasteiger partial charge in [-0.1, -0.05) is 73.9 Å². The standard InChI is InChI=1S/C29H33Cl2FN2O3S/c1-28(2,3)14-22-29(19-12-7-15(30)13-21(19)38-27(29)37)23(18-5-4-6-20(31)24(18)32)25(34-22)26(36)33-16-8-10-17(35)11-9-16/h4-7,12-13,16-17,22-23,25,34-35H,8-11,14H2,1-3H3,(H,33,36)/t16?,17?,22-,23+,25-,29+/m1/s1. The number of nitrogens with one attached hydrogen (secondary N) is 2. The highest BCUT2D eigenvalue weighted by molar-refractivity contribution is 8.14. The molecule has 9 heteroatoms. The molecular formula is C29H33Cl2FN2O3S. The van der Waals surface area contributed by atoms with Gasteiger partial charge < -0.3 is 15.7 Å². The maximum absolute atomic E-state index is 15.8. The molecule has 2 fully saturated rings. The number of hydrogen-bond acceptors (Lipinski definition) is 5. The lowest BCUT2D eigenvalue weighted by molar-refractivity contribution is -0.124. The summed E-state index contributed by atoms with van der Waals surface area (Å²) in [6, 6.07) is 8.77. The maximum atomic E-state index is 15.8. The van der Waals surface area contributed by atoms with E-state index in [2.05, 4.69) is 31.4 Å². The van der Waals surface area contributed by atoms with Gasteiger partial charge in [-0.05, 0) is 66.8 Å². The van der Waals surface area contributed by atoms with E-state index in [0.29, 0.717) is 37.1 Å². The Morgan fingerprint density at radius 2 is 1.89 bits per heavy atom. The summed E-state index contributed by atoms with van der Waals surface area (Å²) >= 11 is 13.7. The Kier molecular flexibility index (Phi) is 7.64. The maximum Gasteiger partial charge on any atom is 0.238 e. The van der Waals surface area contributed by atoms with E-state index in [0.717, 1.165) is 22.2 Å². The van der Waals surface area contributed by atoms with Gasteiger partial charge in [-0.2, -0.15) is 0 Å². The van der Waals surface area contributed by atoms with Crippen molar-refractivity contribution in [2.24, 2.45) is 5.41 Å². The lowest BCUT2D eigenvalue weighted by Crippen LogP contribution is -2.49. The topological polar surface area (TPSA) is 78.4 Å². The first-order chi connectivity index (χ1) is 17.9. The molecule has 38 heavy (non-hydrogen) atoms. The summed E-state index contributed by atoms with van der Waals surface area (Å²) in [5, 5.41) is 16.9. The quantitative estimate of drug-likeness (QED) is 0.415. The van der Waals surface area contributed by atoms with Crippen molar-refractivity contribution in [1.29, 1.82) is 0 Å². The minimum Gasteiger partial charge on any atom is -0.393 e. The smallest absolute Gasteiger partial charge is 0.238 e. The van der Waals surface area contributed by atoms with Crippen LogP contribution in [0.25, 0.3) is 0 Å². The molecular weight excluding hydrogens is 546 g/mol. The second kappa shape index (κ2) is 10.4. The van der Waals surface area contributed by atoms with E-state index >= 15 is 4.39 Å². The van der Waals surface area contributed by atoms with Crippen molar-refractivity contribution in [3.63, 3.8) is 0 Å². The predicted molar refractivity (Wildman–Crippen MR) is 149 cm³/mol. The molecule has 1 saturated carbocycles. The van der Waals surface area contributed by atoms with E-state index in [1.165, 1.54) is 6.07 Å². The fraction of sp³-hybridized carbons (Fsp3) is 0.517. The minimum atomic E-state index is -1.20. The van der Waals surface area contributed by atoms with Gasteiger partial charge in [0, 0.05) is 27.9 Å². The zero-order valence-corrected chi connectivity index (χ0v) is 24.0. The number of benzene rings is 2. The molecule has 3 N–H and O–H groups in total. The molecule has 4 atom stereocenters. The molecule has 0 radical (unpaired) electrons. The SMILES string of the molecule is CC(C)(C)C[C@H]1N[C@@H](C(=O)NC2CCC(O)CC2)[C@H](c2cccc(Cl)c2F)[C@@]12C(=O)Sc1cc(Cl)ccc12. The van der Waals surface area contributed by atoms with Gasteiger partial charge in [0.1, 0.15) is 5.82 Å². The van der Waals surface area contributed by atoms with Crippen LogP contribution >= 0.6 is 35.0 Å². The summed E-state index contributed by atoms with van der Waals surface area (Å²) in [5.74, 6) is -1.72. The molecule has 3 aliphatic rings. The summed E-state index contributed by atoms with van der Waals surface area (Å²) in [4.78, 5) is 28.9. The molecule has 2 aromatic carbocycles. The Balaban J connectivity index is 1.67. The lowest BCUT2D eigenvalue weighted by Gasteiger charge is -2.38. The third-order valence-electron chi connectivity index (χ3n) is 8.14. The minimum absolute atomic E-state index is 0.0493. The molecule has 0 aromatic heterocycles. The van der Waals surface area contributed by atoms with E-state index in [1.807, 2.05) is 6.07 Å². The second-order valence-corrected chi connectivity index (χ2v) is 13.9. The largest absolute Gasteiger partial charge is 0.393 e. The average molecular weight is 580 g/mol. The predicted octanol–water partition coefficient (Wildman–Crippen LogP) is 5.98. The van der Waals surface area contributed by atoms with Crippen LogP contribution in [0.3, 0.4) is 0 Å². The van der Waals surface area contributed by atoms with Crippen molar-refractivity contribution in [2.75, 3.05) is 0 Å². The molecule has 2 aromatic rings. The van der Waals surface area contributed by atoms with Crippen LogP contribution in [0.5, 0.6) is 0 Å². The molecule has 1 aliphatic carbocycles. The number of aliphatic hydroxyl groups is 1. The summed E-state index contributed by atoms with van der Waals surface area (Å²) in [6.45, 7) is 6.27. The molecule has 1 spiro atoms. The Hall–Kier alpha value is -1.64. The molecule has 5 rings (SSSR count). The van der Waals surface area contributed by atoms with Crippen LogP contribution in [-0.4, -0.2) is 40.4 Å². The van der Waals surface area contributed by atoms with Crippen LogP contribution in [0.2, 0.25) is 10.0 Å². The van der Waals surface area contributed by atoms with Crippen LogP contribution in [0, 0.1) is 11.2 Å². The number of carbonyl (C=O) groups is 2. The number of amides is 1. The van der Waals surface area contributed by atoms with E-state index in [1.54, 1.807) is 24.3 Å². The lowest BCUT2D eigenvalue weighted by atomic mass is 9.62. The molecule has 2 aliphatic heterocycles. The number of fused-ring (bicyclic) bond motifs is 2. The molecule has 0 unspecified atom stereocenters. The highest BCUT2D eigenvalue weighted by Crippen LogP contribution is 2.60. The zero-order chi connectivity index (χ0) is 27.4. The zero-order valence-electron chi connectivity index (χ0n) is 21.7. The Morgan fingerprint density at radius 1 is 1.18 bits per heavy atom. The van der Waals surface area contributed by atoms with Gasteiger partial charge in [0.2, 0.25) is 11.0 Å². The van der Waals surface area contributed by atoms with Crippen molar-refractivity contribution >= 4 is 46.0 Å². The Labute approximate surface area is 237 Å². The normalized spacial score (nSPS) is 31.0. The first-order valence-corrected chi connectivity index (χ1v) is 14.7. The first-order valence-electron chi connectivity index (χ1n) is 13.1. The van der Waals surface area contributed by atoms with Gasteiger partial charge in [-0.25, -0.2) is 4.39 Å². The molecule has 1 amide bonds. The number of rotatable bonds is 4. The third-order valence-corrected chi connectivity index (χ3v) is 9.75. The Bertz CT molecular complexity index is 1260. The molecule has 204 valence electrons. The number of hydrogen-bond donors (Lipinski definition) is 3. The summed E-state index contributed by atoms with van der Waals surface area (Å²) in [6.07, 6.45) is 2.81. The molecule has 0 bridgehead atoms. The van der Waals surface area contributed by atoms with Crippen molar-refractivity contribution in [1.82, 2.24) is 10.6 Å². The van der Waals surface area contributed by atoms with Gasteiger partial charge in [-0.15, -0.1) is 0 Å². The van der Waals surface area contributed by atoms with Crippen LogP contribution < -0.4 is 10.6 Å². The monoisotopic (exact) mass is 578 g/mol.